The van der Waals surface area contributed by atoms with Crippen molar-refractivity contribution in [2.75, 3.05) is 26.2 Å². The second-order valence-electron chi connectivity index (χ2n) is 8.10. The zero-order chi connectivity index (χ0) is 19.6. The van der Waals surface area contributed by atoms with Crippen LogP contribution < -0.4 is 10.6 Å². The number of halogens is 2. The minimum atomic E-state index is -0.0528. The molecule has 6 heteroatoms. The van der Waals surface area contributed by atoms with Crippen molar-refractivity contribution in [2.24, 2.45) is 11.8 Å². The van der Waals surface area contributed by atoms with Crippen LogP contribution in [0, 0.1) is 11.8 Å². The van der Waals surface area contributed by atoms with Crippen LogP contribution in [0.5, 0.6) is 11.5 Å². The Morgan fingerprint density at radius 1 is 0.667 bits per heavy atom. The highest BCUT2D eigenvalue weighted by Gasteiger charge is 2.20. The summed E-state index contributed by atoms with van der Waals surface area (Å²) in [5.74, 6) is 1.53. The normalized spacial score (nSPS) is 18.3. The fraction of sp³-hybridized carbons (Fsp3) is 0.500. The Hall–Kier alpha value is -1.08. The molecule has 0 atom stereocenters. The van der Waals surface area contributed by atoms with Crippen molar-refractivity contribution in [1.82, 2.24) is 10.6 Å². The minimum Gasteiger partial charge on any atom is -0.504 e. The molecule has 0 bridgehead atoms. The summed E-state index contributed by atoms with van der Waals surface area (Å²) in [5.41, 5.74) is 2.46. The number of phenolic OH excluding ortho intramolecular Hbond substituents is 2. The van der Waals surface area contributed by atoms with Gasteiger partial charge in [-0.05, 0) is 99.8 Å². The van der Waals surface area contributed by atoms with Gasteiger partial charge in [0.25, 0.3) is 0 Å². The molecule has 30 heavy (non-hydrogen) atoms. The first-order chi connectivity index (χ1) is 13.7. The predicted molar refractivity (Wildman–Crippen MR) is 135 cm³/mol. The van der Waals surface area contributed by atoms with E-state index in [2.05, 4.69) is 41.0 Å². The highest BCUT2D eigenvalue weighted by Crippen LogP contribution is 2.28. The fourth-order valence-corrected chi connectivity index (χ4v) is 4.09. The number of phenols is 2. The molecular weight excluding hydrogens is 508 g/mol. The van der Waals surface area contributed by atoms with E-state index in [1.807, 2.05) is 6.07 Å². The van der Waals surface area contributed by atoms with Crippen LogP contribution in [0.1, 0.15) is 36.8 Å². The number of rotatable bonds is 10. The largest absolute Gasteiger partial charge is 0.504 e. The van der Waals surface area contributed by atoms with Crippen LogP contribution in [-0.4, -0.2) is 36.4 Å². The second-order valence-corrected chi connectivity index (χ2v) is 8.10. The lowest BCUT2D eigenvalue weighted by Crippen LogP contribution is -2.31. The molecular formula is C24H36Br2N2O2. The highest BCUT2D eigenvalue weighted by atomic mass is 79.9. The van der Waals surface area contributed by atoms with Crippen molar-refractivity contribution >= 4 is 34.0 Å². The molecule has 0 saturated heterocycles. The van der Waals surface area contributed by atoms with Gasteiger partial charge < -0.3 is 20.8 Å². The maximum absolute atomic E-state index is 9.55. The molecule has 3 rings (SSSR count). The summed E-state index contributed by atoms with van der Waals surface area (Å²) < 4.78 is 0. The first-order valence-corrected chi connectivity index (χ1v) is 10.7. The molecule has 0 unspecified atom stereocenters. The van der Waals surface area contributed by atoms with Gasteiger partial charge in [0.05, 0.1) is 0 Å². The van der Waals surface area contributed by atoms with E-state index in [9.17, 15) is 10.2 Å². The summed E-state index contributed by atoms with van der Waals surface area (Å²) in [6.45, 7) is 4.21. The number of hydrogen-bond acceptors (Lipinski definition) is 4. The van der Waals surface area contributed by atoms with Gasteiger partial charge in [-0.3, -0.25) is 0 Å². The Morgan fingerprint density at radius 3 is 1.73 bits per heavy atom. The predicted octanol–water partition coefficient (Wildman–Crippen LogP) is 5.02. The molecule has 1 saturated carbocycles. The smallest absolute Gasteiger partial charge is 0.157 e. The molecule has 1 fully saturated rings. The first kappa shape index (κ1) is 27.0. The molecule has 4 N–H and O–H groups in total. The molecule has 0 heterocycles. The van der Waals surface area contributed by atoms with Crippen LogP contribution in [0.15, 0.2) is 48.5 Å². The number of nitrogens with one attached hydrogen (secondary N) is 2. The number of aromatic hydroxyl groups is 2. The monoisotopic (exact) mass is 542 g/mol. The van der Waals surface area contributed by atoms with Crippen molar-refractivity contribution in [2.45, 2.75) is 38.5 Å². The first-order valence-electron chi connectivity index (χ1n) is 10.7. The van der Waals surface area contributed by atoms with Gasteiger partial charge in [0.1, 0.15) is 0 Å². The molecule has 0 aromatic heterocycles. The Balaban J connectivity index is 0.00000225. The van der Waals surface area contributed by atoms with Crippen LogP contribution in [0.25, 0.3) is 0 Å². The van der Waals surface area contributed by atoms with E-state index in [1.165, 1.54) is 31.2 Å². The third kappa shape index (κ3) is 9.38. The third-order valence-electron chi connectivity index (χ3n) is 5.90. The Labute approximate surface area is 202 Å². The lowest BCUT2D eigenvalue weighted by molar-refractivity contribution is 0.262. The molecule has 2 aromatic rings. The molecule has 4 nitrogen and oxygen atoms in total. The SMILES string of the molecule is Br.Br.Oc1ccc(CCNC[C@H]2CC[C@H](CNCCc3ccccc3)CC2)cc1O. The topological polar surface area (TPSA) is 64.5 Å². The van der Waals surface area contributed by atoms with Crippen LogP contribution >= 0.6 is 34.0 Å². The summed E-state index contributed by atoms with van der Waals surface area (Å²) in [4.78, 5) is 0. The van der Waals surface area contributed by atoms with Gasteiger partial charge in [0, 0.05) is 0 Å². The Bertz CT molecular complexity index is 708. The summed E-state index contributed by atoms with van der Waals surface area (Å²) in [7, 11) is 0. The molecule has 0 aliphatic heterocycles. The van der Waals surface area contributed by atoms with Gasteiger partial charge >= 0.3 is 0 Å². The van der Waals surface area contributed by atoms with Crippen LogP contribution in [0.2, 0.25) is 0 Å². The summed E-state index contributed by atoms with van der Waals surface area (Å²) in [5, 5.41) is 26.1. The maximum Gasteiger partial charge on any atom is 0.157 e. The van der Waals surface area contributed by atoms with E-state index in [0.717, 1.165) is 56.4 Å². The standard InChI is InChI=1S/C24H34N2O2.2BrH/c27-23-11-10-20(16-24(23)28)13-15-26-18-22-8-6-21(7-9-22)17-25-14-12-19-4-2-1-3-5-19;;/h1-5,10-11,16,21-22,25-28H,6-9,12-15,17-18H2;2*1H/t21-,22-;;. The highest BCUT2D eigenvalue weighted by molar-refractivity contribution is 8.93. The van der Waals surface area contributed by atoms with Crippen LogP contribution in [0.3, 0.4) is 0 Å². The Morgan fingerprint density at radius 2 is 1.20 bits per heavy atom. The summed E-state index contributed by atoms with van der Waals surface area (Å²) in [6.07, 6.45) is 7.27. The second kappa shape index (κ2) is 14.8. The lowest BCUT2D eigenvalue weighted by Gasteiger charge is -2.29. The average molecular weight is 544 g/mol. The average Bonchev–Trinajstić information content (AvgIpc) is 2.73. The maximum atomic E-state index is 9.55. The quantitative estimate of drug-likeness (QED) is 0.251. The lowest BCUT2D eigenvalue weighted by atomic mass is 9.82. The van der Waals surface area contributed by atoms with Gasteiger partial charge in [0.15, 0.2) is 11.5 Å². The van der Waals surface area contributed by atoms with E-state index >= 15 is 0 Å². The fourth-order valence-electron chi connectivity index (χ4n) is 4.09. The van der Waals surface area contributed by atoms with Gasteiger partial charge in [-0.1, -0.05) is 36.4 Å². The van der Waals surface area contributed by atoms with Crippen molar-refractivity contribution in [3.05, 3.63) is 59.7 Å². The van der Waals surface area contributed by atoms with Crippen molar-refractivity contribution in [3.63, 3.8) is 0 Å². The minimum absolute atomic E-state index is 0. The van der Waals surface area contributed by atoms with Gasteiger partial charge in [0.2, 0.25) is 0 Å². The van der Waals surface area contributed by atoms with Crippen LogP contribution in [0.4, 0.5) is 0 Å². The third-order valence-corrected chi connectivity index (χ3v) is 5.90. The molecule has 1 aliphatic rings. The van der Waals surface area contributed by atoms with Crippen molar-refractivity contribution in [3.8, 4) is 11.5 Å². The molecule has 168 valence electrons. The molecule has 2 aromatic carbocycles. The Kier molecular flexibility index (Phi) is 13.3. The summed E-state index contributed by atoms with van der Waals surface area (Å²) >= 11 is 0. The summed E-state index contributed by atoms with van der Waals surface area (Å²) in [6, 6.07) is 15.8. The number of benzene rings is 2. The zero-order valence-electron chi connectivity index (χ0n) is 17.6. The van der Waals surface area contributed by atoms with Gasteiger partial charge in [-0.15, -0.1) is 34.0 Å². The van der Waals surface area contributed by atoms with Crippen LogP contribution in [-0.2, 0) is 12.8 Å². The molecule has 0 amide bonds. The molecule has 0 spiro atoms. The van der Waals surface area contributed by atoms with Gasteiger partial charge in [-0.2, -0.15) is 0 Å². The van der Waals surface area contributed by atoms with E-state index in [-0.39, 0.29) is 45.5 Å². The van der Waals surface area contributed by atoms with Gasteiger partial charge in [-0.25, -0.2) is 0 Å². The van der Waals surface area contributed by atoms with E-state index in [0.29, 0.717) is 0 Å². The van der Waals surface area contributed by atoms with Crippen molar-refractivity contribution in [1.29, 1.82) is 0 Å². The zero-order valence-corrected chi connectivity index (χ0v) is 21.0. The number of hydrogen-bond donors (Lipinski definition) is 4. The van der Waals surface area contributed by atoms with E-state index in [1.54, 1.807) is 12.1 Å². The van der Waals surface area contributed by atoms with E-state index < -0.39 is 0 Å². The van der Waals surface area contributed by atoms with Crippen molar-refractivity contribution < 1.29 is 10.2 Å². The van der Waals surface area contributed by atoms with E-state index in [4.69, 9.17) is 0 Å². The molecule has 1 aliphatic carbocycles. The molecule has 0 radical (unpaired) electrons.